The molecule has 3 atom stereocenters. The number of nitrogens with one attached hydrogen (secondary N) is 2. The molecule has 1 heterocycles. The molecule has 0 aromatic rings. The average molecular weight is 393 g/mol. The zero-order valence-corrected chi connectivity index (χ0v) is 19.0. The molecule has 0 fully saturated rings. The first kappa shape index (κ1) is 24.7. The smallest absolute Gasteiger partial charge is 0.221 e. The summed E-state index contributed by atoms with van der Waals surface area (Å²) in [7, 11) is 0. The summed E-state index contributed by atoms with van der Waals surface area (Å²) in [5.74, 6) is 0.0401. The molecule has 1 aliphatic rings. The van der Waals surface area contributed by atoms with Crippen molar-refractivity contribution in [2.45, 2.75) is 117 Å². The summed E-state index contributed by atoms with van der Waals surface area (Å²) < 4.78 is 0.783. The Morgan fingerprint density at radius 2 is 1.64 bits per heavy atom. The summed E-state index contributed by atoms with van der Waals surface area (Å²) >= 11 is 0. The molecule has 0 bridgehead atoms. The third kappa shape index (κ3) is 8.81. The first-order chi connectivity index (χ1) is 13.6. The molecule has 0 saturated heterocycles. The lowest BCUT2D eigenvalue weighted by atomic mass is 10.1. The fourth-order valence-corrected chi connectivity index (χ4v) is 4.33. The van der Waals surface area contributed by atoms with Gasteiger partial charge in [-0.25, -0.2) is 0 Å². The molecule has 28 heavy (non-hydrogen) atoms. The van der Waals surface area contributed by atoms with E-state index in [2.05, 4.69) is 56.0 Å². The van der Waals surface area contributed by atoms with Gasteiger partial charge in [-0.1, -0.05) is 70.4 Å². The van der Waals surface area contributed by atoms with E-state index in [1.807, 2.05) is 0 Å². The molecule has 1 rings (SSSR count). The quantitative estimate of drug-likeness (QED) is 0.193. The minimum absolute atomic E-state index is 0.0401. The van der Waals surface area contributed by atoms with Crippen LogP contribution in [0.25, 0.3) is 0 Å². The predicted molar refractivity (Wildman–Crippen MR) is 120 cm³/mol. The second kappa shape index (κ2) is 14.7. The van der Waals surface area contributed by atoms with Crippen LogP contribution in [0.1, 0.15) is 105 Å². The van der Waals surface area contributed by atoms with Crippen molar-refractivity contribution in [1.29, 1.82) is 0 Å². The van der Waals surface area contributed by atoms with Crippen LogP contribution < -0.4 is 10.6 Å². The van der Waals surface area contributed by atoms with Gasteiger partial charge >= 0.3 is 0 Å². The molecule has 162 valence electrons. The second-order valence-electron chi connectivity index (χ2n) is 8.35. The lowest BCUT2D eigenvalue weighted by Gasteiger charge is -2.41. The monoisotopic (exact) mass is 392 g/mol. The predicted octanol–water partition coefficient (Wildman–Crippen LogP) is 5.96. The highest BCUT2D eigenvalue weighted by Crippen LogP contribution is 2.25. The van der Waals surface area contributed by atoms with Crippen molar-refractivity contribution in [1.82, 2.24) is 10.6 Å². The maximum Gasteiger partial charge on any atom is 0.221 e. The van der Waals surface area contributed by atoms with Gasteiger partial charge < -0.3 is 10.6 Å². The number of hydrogen-bond donors (Lipinski definition) is 2. The van der Waals surface area contributed by atoms with Crippen molar-refractivity contribution in [3.63, 3.8) is 0 Å². The number of quaternary nitrogens is 1. The molecule has 1 aliphatic heterocycles. The first-order valence-electron chi connectivity index (χ1n) is 11.8. The maximum absolute atomic E-state index is 11.5. The fraction of sp³-hybridized carbons (Fsp3) is 0.792. The Bertz CT molecular complexity index is 474. The number of carbonyl (C=O) groups is 1. The summed E-state index contributed by atoms with van der Waals surface area (Å²) in [5, 5.41) is 6.58. The van der Waals surface area contributed by atoms with Gasteiger partial charge in [0.1, 0.15) is 6.20 Å². The van der Waals surface area contributed by atoms with Crippen LogP contribution in [0.2, 0.25) is 0 Å². The molecular formula is C24H46N3O+. The SMILES string of the molecule is CCCCCCCCCCC/C=C/CCC1NC=C[N+]1(CC)C(C)NC(C)=O. The Labute approximate surface area is 174 Å². The molecule has 0 saturated carbocycles. The largest absolute Gasteiger partial charge is 0.338 e. The van der Waals surface area contributed by atoms with Gasteiger partial charge in [0.2, 0.25) is 5.91 Å². The molecule has 0 aromatic carbocycles. The van der Waals surface area contributed by atoms with E-state index in [-0.39, 0.29) is 12.1 Å². The van der Waals surface area contributed by atoms with E-state index in [4.69, 9.17) is 0 Å². The summed E-state index contributed by atoms with van der Waals surface area (Å²) in [6.07, 6.45) is 25.3. The van der Waals surface area contributed by atoms with Gasteiger partial charge in [0, 0.05) is 20.3 Å². The minimum atomic E-state index is 0.0401. The topological polar surface area (TPSA) is 41.1 Å². The summed E-state index contributed by atoms with van der Waals surface area (Å²) in [4.78, 5) is 11.5. The van der Waals surface area contributed by atoms with Crippen molar-refractivity contribution in [3.05, 3.63) is 24.6 Å². The van der Waals surface area contributed by atoms with Crippen LogP contribution in [0.15, 0.2) is 24.6 Å². The van der Waals surface area contributed by atoms with E-state index >= 15 is 0 Å². The van der Waals surface area contributed by atoms with Crippen LogP contribution in [-0.4, -0.2) is 29.3 Å². The Morgan fingerprint density at radius 3 is 2.25 bits per heavy atom. The van der Waals surface area contributed by atoms with Crippen molar-refractivity contribution in [2.24, 2.45) is 0 Å². The zero-order chi connectivity index (χ0) is 20.7. The molecular weight excluding hydrogens is 346 g/mol. The Morgan fingerprint density at radius 1 is 1.04 bits per heavy atom. The lowest BCUT2D eigenvalue weighted by molar-refractivity contribution is -0.923. The van der Waals surface area contributed by atoms with E-state index in [0.29, 0.717) is 6.17 Å². The van der Waals surface area contributed by atoms with Gasteiger partial charge in [0.05, 0.1) is 12.7 Å². The molecule has 3 unspecified atom stereocenters. The minimum Gasteiger partial charge on any atom is -0.338 e. The highest BCUT2D eigenvalue weighted by Gasteiger charge is 2.41. The normalized spacial score (nSPS) is 22.5. The van der Waals surface area contributed by atoms with Gasteiger partial charge in [0.25, 0.3) is 0 Å². The van der Waals surface area contributed by atoms with Gasteiger partial charge in [-0.3, -0.25) is 9.28 Å². The molecule has 0 aromatic heterocycles. The molecule has 0 radical (unpaired) electrons. The number of allylic oxidation sites excluding steroid dienone is 2. The lowest BCUT2D eigenvalue weighted by Crippen LogP contribution is -2.62. The number of unbranched alkanes of at least 4 members (excludes halogenated alkanes) is 9. The summed E-state index contributed by atoms with van der Waals surface area (Å²) in [5.41, 5.74) is 0. The molecule has 0 aliphatic carbocycles. The number of rotatable bonds is 16. The van der Waals surface area contributed by atoms with Crippen LogP contribution >= 0.6 is 0 Å². The van der Waals surface area contributed by atoms with Crippen LogP contribution in [0.5, 0.6) is 0 Å². The van der Waals surface area contributed by atoms with E-state index in [0.717, 1.165) is 23.9 Å². The summed E-state index contributed by atoms with van der Waals surface area (Å²) in [6.45, 7) is 9.15. The highest BCUT2D eigenvalue weighted by molar-refractivity contribution is 5.72. The Kier molecular flexibility index (Phi) is 13.0. The average Bonchev–Trinajstić information content (AvgIpc) is 3.09. The van der Waals surface area contributed by atoms with Crippen molar-refractivity contribution in [2.75, 3.05) is 6.54 Å². The van der Waals surface area contributed by atoms with Crippen molar-refractivity contribution < 1.29 is 9.28 Å². The number of nitrogens with zero attached hydrogens (tertiary/aromatic N) is 1. The van der Waals surface area contributed by atoms with Crippen molar-refractivity contribution >= 4 is 5.91 Å². The maximum atomic E-state index is 11.5. The van der Waals surface area contributed by atoms with Crippen LogP contribution in [-0.2, 0) is 4.79 Å². The van der Waals surface area contributed by atoms with Gasteiger partial charge in [-0.15, -0.1) is 0 Å². The number of hydrogen-bond acceptors (Lipinski definition) is 2. The van der Waals surface area contributed by atoms with E-state index in [9.17, 15) is 4.79 Å². The summed E-state index contributed by atoms with van der Waals surface area (Å²) in [6, 6.07) is 0. The van der Waals surface area contributed by atoms with Gasteiger partial charge in [-0.05, 0) is 26.2 Å². The zero-order valence-electron chi connectivity index (χ0n) is 19.0. The Balaban J connectivity index is 2.16. The Hall–Kier alpha value is -1.29. The standard InChI is InChI=1S/C24H45N3O/c1-5-7-8-9-10-11-12-13-14-15-16-17-18-19-24-25-20-21-27(24,6-2)22(3)26-23(4)28/h16-17,20-22,24-25H,5-15,18-19H2,1-4H3/p+1/b17-16+. The van der Waals surface area contributed by atoms with Crippen LogP contribution in [0.4, 0.5) is 0 Å². The molecule has 1 amide bonds. The second-order valence-corrected chi connectivity index (χ2v) is 8.35. The highest BCUT2D eigenvalue weighted by atomic mass is 16.1. The van der Waals surface area contributed by atoms with Gasteiger partial charge in [0.15, 0.2) is 12.3 Å². The molecule has 0 spiro atoms. The van der Waals surface area contributed by atoms with Crippen molar-refractivity contribution in [3.8, 4) is 0 Å². The molecule has 2 N–H and O–H groups in total. The van der Waals surface area contributed by atoms with E-state index in [1.165, 1.54) is 64.2 Å². The van der Waals surface area contributed by atoms with Gasteiger partial charge in [-0.2, -0.15) is 0 Å². The van der Waals surface area contributed by atoms with Crippen LogP contribution in [0, 0.1) is 0 Å². The fourth-order valence-electron chi connectivity index (χ4n) is 4.33. The molecule has 4 heteroatoms. The van der Waals surface area contributed by atoms with E-state index < -0.39 is 0 Å². The number of carbonyl (C=O) groups excluding carboxylic acids is 1. The third-order valence-electron chi connectivity index (χ3n) is 6.15. The molecule has 4 nitrogen and oxygen atoms in total. The van der Waals surface area contributed by atoms with E-state index in [1.54, 1.807) is 6.92 Å². The third-order valence-corrected chi connectivity index (χ3v) is 6.15. The van der Waals surface area contributed by atoms with Crippen LogP contribution in [0.3, 0.4) is 0 Å². The number of amides is 1. The first-order valence-corrected chi connectivity index (χ1v) is 11.8.